The van der Waals surface area contributed by atoms with Gasteiger partial charge in [0.05, 0.1) is 22.0 Å². The van der Waals surface area contributed by atoms with Crippen LogP contribution in [0.3, 0.4) is 0 Å². The Balaban J connectivity index is 1.47. The molecule has 1 saturated heterocycles. The van der Waals surface area contributed by atoms with Crippen molar-refractivity contribution >= 4 is 50.8 Å². The van der Waals surface area contributed by atoms with Gasteiger partial charge in [-0.05, 0) is 96.4 Å². The number of allylic oxidation sites excluding steroid dienone is 6. The van der Waals surface area contributed by atoms with Gasteiger partial charge in [0, 0.05) is 28.7 Å². The minimum Gasteiger partial charge on any atom is -0.507 e. The summed E-state index contributed by atoms with van der Waals surface area (Å²) >= 11 is 3.24. The predicted molar refractivity (Wildman–Crippen MR) is 151 cm³/mol. The van der Waals surface area contributed by atoms with Crippen LogP contribution in [0.1, 0.15) is 52.7 Å². The lowest BCUT2D eigenvalue weighted by atomic mass is 9.59. The Morgan fingerprint density at radius 2 is 1.62 bits per heavy atom. The molecule has 8 heteroatoms. The summed E-state index contributed by atoms with van der Waals surface area (Å²) in [6.45, 7) is 5.02. The Bertz CT molecular complexity index is 1640. The molecule has 4 aliphatic rings. The molecule has 0 aromatic heterocycles. The van der Waals surface area contributed by atoms with Gasteiger partial charge >= 0.3 is 0 Å². The Labute approximate surface area is 239 Å². The van der Waals surface area contributed by atoms with E-state index in [4.69, 9.17) is 0 Å². The van der Waals surface area contributed by atoms with Gasteiger partial charge in [0.1, 0.15) is 5.75 Å². The van der Waals surface area contributed by atoms with E-state index in [0.717, 1.165) is 11.1 Å². The van der Waals surface area contributed by atoms with Crippen LogP contribution in [0.2, 0.25) is 0 Å². The number of nitrogens with zero attached hydrogens (tertiary/aromatic N) is 1. The standard InChI is InChI=1S/C32H26BrNO6/c1-14-10-18(11-15(2)29(14)37)26-20-8-9-21-27(22(20)12-23-28(26)25(36)13-24(33)30(23)38)32(40)34(31(21)39)19-6-4-17(5-7-19)16(3)35/h4-8,10-11,13,21-22,26-27,37H,9,12H2,1-3H3. The van der Waals surface area contributed by atoms with Crippen molar-refractivity contribution < 1.29 is 29.1 Å². The molecule has 3 aliphatic carbocycles. The number of benzene rings is 2. The van der Waals surface area contributed by atoms with Crippen LogP contribution < -0.4 is 4.90 Å². The zero-order valence-corrected chi connectivity index (χ0v) is 23.7. The van der Waals surface area contributed by atoms with Gasteiger partial charge in [0.2, 0.25) is 11.8 Å². The van der Waals surface area contributed by atoms with Crippen molar-refractivity contribution in [3.05, 3.63) is 92.0 Å². The van der Waals surface area contributed by atoms with Crippen LogP contribution in [0.25, 0.3) is 0 Å². The van der Waals surface area contributed by atoms with Crippen LogP contribution >= 0.6 is 15.9 Å². The second-order valence-corrected chi connectivity index (χ2v) is 11.9. The van der Waals surface area contributed by atoms with Crippen molar-refractivity contribution in [1.29, 1.82) is 0 Å². The molecule has 2 aromatic carbocycles. The number of aryl methyl sites for hydroxylation is 2. The third kappa shape index (κ3) is 3.80. The van der Waals surface area contributed by atoms with Crippen molar-refractivity contribution in [1.82, 2.24) is 0 Å². The van der Waals surface area contributed by atoms with E-state index >= 15 is 0 Å². The van der Waals surface area contributed by atoms with Crippen LogP contribution in [0, 0.1) is 31.6 Å². The van der Waals surface area contributed by atoms with Gasteiger partial charge in [0.25, 0.3) is 0 Å². The number of fused-ring (bicyclic) bond motifs is 3. The van der Waals surface area contributed by atoms with Crippen LogP contribution in [0.15, 0.2) is 69.8 Å². The Kier molecular flexibility index (Phi) is 6.14. The molecule has 0 saturated carbocycles. The zero-order chi connectivity index (χ0) is 28.6. The van der Waals surface area contributed by atoms with Crippen molar-refractivity contribution in [2.24, 2.45) is 17.8 Å². The first kappa shape index (κ1) is 26.3. The second kappa shape index (κ2) is 9.34. The number of phenolic OH excluding ortho intramolecular Hbond substituents is 1. The molecule has 4 unspecified atom stereocenters. The Morgan fingerprint density at radius 1 is 0.975 bits per heavy atom. The summed E-state index contributed by atoms with van der Waals surface area (Å²) in [5.74, 6) is -3.46. The summed E-state index contributed by atoms with van der Waals surface area (Å²) in [7, 11) is 0. The number of hydrogen-bond acceptors (Lipinski definition) is 6. The van der Waals surface area contributed by atoms with Gasteiger partial charge < -0.3 is 5.11 Å². The average molecular weight is 600 g/mol. The number of carbonyl (C=O) groups excluding carboxylic acids is 5. The topological polar surface area (TPSA) is 109 Å². The number of amides is 2. The summed E-state index contributed by atoms with van der Waals surface area (Å²) in [5, 5.41) is 10.4. The number of aromatic hydroxyl groups is 1. The quantitative estimate of drug-likeness (QED) is 0.225. The number of halogens is 1. The molecular formula is C32H26BrNO6. The SMILES string of the molecule is CC(=O)c1ccc(N2C(=O)C3CC=C4C(c5cc(C)c(O)c(C)c5)C5=C(CC4C3C2=O)C(=O)C(Br)=CC5=O)cc1. The fourth-order valence-electron chi connectivity index (χ4n) is 6.84. The van der Waals surface area contributed by atoms with Crippen LogP contribution in [-0.2, 0) is 19.2 Å². The molecule has 1 N–H and O–H groups in total. The van der Waals surface area contributed by atoms with E-state index in [2.05, 4.69) is 15.9 Å². The summed E-state index contributed by atoms with van der Waals surface area (Å²) in [6, 6.07) is 10.1. The van der Waals surface area contributed by atoms with Gasteiger partial charge in [0.15, 0.2) is 17.3 Å². The van der Waals surface area contributed by atoms with Gasteiger partial charge in [-0.1, -0.05) is 23.8 Å². The van der Waals surface area contributed by atoms with Crippen molar-refractivity contribution in [2.75, 3.05) is 4.90 Å². The molecule has 4 atom stereocenters. The monoisotopic (exact) mass is 599 g/mol. The van der Waals surface area contributed by atoms with Crippen molar-refractivity contribution in [2.45, 2.75) is 39.5 Å². The van der Waals surface area contributed by atoms with E-state index in [0.29, 0.717) is 39.9 Å². The molecule has 6 rings (SSSR count). The second-order valence-electron chi connectivity index (χ2n) is 11.0. The molecule has 2 aromatic rings. The number of Topliss-reactive ketones (excluding diaryl/α,β-unsaturated/α-hetero) is 2. The summed E-state index contributed by atoms with van der Waals surface area (Å²) in [6.07, 6.45) is 3.78. The number of rotatable bonds is 3. The molecular weight excluding hydrogens is 574 g/mol. The number of ketones is 3. The van der Waals surface area contributed by atoms with Crippen molar-refractivity contribution in [3.8, 4) is 5.75 Å². The van der Waals surface area contributed by atoms with E-state index < -0.39 is 23.7 Å². The van der Waals surface area contributed by atoms with Gasteiger partial charge in [-0.25, -0.2) is 0 Å². The number of anilines is 1. The lowest BCUT2D eigenvalue weighted by Gasteiger charge is -2.42. The molecule has 202 valence electrons. The van der Waals surface area contributed by atoms with E-state index in [1.54, 1.807) is 38.1 Å². The summed E-state index contributed by atoms with van der Waals surface area (Å²) in [4.78, 5) is 67.3. The summed E-state index contributed by atoms with van der Waals surface area (Å²) in [5.41, 5.74) is 4.55. The first-order valence-corrected chi connectivity index (χ1v) is 14.0. The molecule has 7 nitrogen and oxygen atoms in total. The highest BCUT2D eigenvalue weighted by Gasteiger charge is 2.56. The average Bonchev–Trinajstić information content (AvgIpc) is 3.18. The highest BCUT2D eigenvalue weighted by atomic mass is 79.9. The van der Waals surface area contributed by atoms with E-state index in [9.17, 15) is 29.1 Å². The molecule has 0 bridgehead atoms. The van der Waals surface area contributed by atoms with Gasteiger partial charge in [-0.3, -0.25) is 28.9 Å². The molecule has 0 radical (unpaired) electrons. The Morgan fingerprint density at radius 3 is 2.25 bits per heavy atom. The Hall–Kier alpha value is -3.91. The first-order valence-electron chi connectivity index (χ1n) is 13.2. The third-order valence-electron chi connectivity index (χ3n) is 8.71. The van der Waals surface area contributed by atoms with E-state index in [-0.39, 0.29) is 45.8 Å². The maximum Gasteiger partial charge on any atom is 0.238 e. The molecule has 1 fully saturated rings. The molecule has 1 aliphatic heterocycles. The number of carbonyl (C=O) groups is 5. The fourth-order valence-corrected chi connectivity index (χ4v) is 7.29. The zero-order valence-electron chi connectivity index (χ0n) is 22.2. The highest BCUT2D eigenvalue weighted by molar-refractivity contribution is 9.12. The van der Waals surface area contributed by atoms with E-state index in [1.165, 1.54) is 17.9 Å². The van der Waals surface area contributed by atoms with E-state index in [1.807, 2.05) is 18.2 Å². The molecule has 1 heterocycles. The van der Waals surface area contributed by atoms with Gasteiger partial charge in [-0.2, -0.15) is 0 Å². The molecule has 2 amide bonds. The number of hydrogen-bond donors (Lipinski definition) is 1. The van der Waals surface area contributed by atoms with Crippen molar-refractivity contribution in [3.63, 3.8) is 0 Å². The molecule has 40 heavy (non-hydrogen) atoms. The lowest BCUT2D eigenvalue weighted by molar-refractivity contribution is -0.123. The maximum atomic E-state index is 14.0. The smallest absolute Gasteiger partial charge is 0.238 e. The molecule has 0 spiro atoms. The maximum absolute atomic E-state index is 14.0. The van der Waals surface area contributed by atoms with Crippen LogP contribution in [0.4, 0.5) is 5.69 Å². The number of imide groups is 1. The van der Waals surface area contributed by atoms with Crippen LogP contribution in [0.5, 0.6) is 5.75 Å². The van der Waals surface area contributed by atoms with Gasteiger partial charge in [-0.15, -0.1) is 0 Å². The third-order valence-corrected chi connectivity index (χ3v) is 9.30. The number of phenols is 1. The van der Waals surface area contributed by atoms with Crippen LogP contribution in [-0.4, -0.2) is 34.3 Å². The highest BCUT2D eigenvalue weighted by Crippen LogP contribution is 2.56. The minimum atomic E-state index is -0.691. The normalized spacial score (nSPS) is 25.9. The first-order chi connectivity index (χ1) is 19.0. The predicted octanol–water partition coefficient (Wildman–Crippen LogP) is 5.18. The summed E-state index contributed by atoms with van der Waals surface area (Å²) < 4.78 is 0.175. The lowest BCUT2D eigenvalue weighted by Crippen LogP contribution is -2.39. The minimum absolute atomic E-state index is 0.114. The largest absolute Gasteiger partial charge is 0.507 e. The fraction of sp³-hybridized carbons (Fsp3) is 0.281.